The molecule has 140 valence electrons. The minimum Gasteiger partial charge on any atom is -0.493 e. The molecule has 8 heteroatoms. The molecule has 0 aliphatic rings. The topological polar surface area (TPSA) is 109 Å². The monoisotopic (exact) mass is 375 g/mol. The average molecular weight is 375 g/mol. The molecule has 28 heavy (non-hydrogen) atoms. The highest BCUT2D eigenvalue weighted by atomic mass is 16.5. The van der Waals surface area contributed by atoms with Crippen LogP contribution in [0.15, 0.2) is 54.9 Å². The summed E-state index contributed by atoms with van der Waals surface area (Å²) < 4.78 is 10.4. The quantitative estimate of drug-likeness (QED) is 0.680. The Labute approximate surface area is 161 Å². The average Bonchev–Trinajstić information content (AvgIpc) is 2.74. The molecule has 1 aromatic heterocycles. The molecule has 3 aromatic rings. The molecule has 2 aromatic carbocycles. The number of aromatic nitrogens is 2. The SMILES string of the molecule is COc1ccc(NC(=O)c2cnc(Nc3ccc(C#N)cc3)nc2)cc1OC. The highest BCUT2D eigenvalue weighted by Crippen LogP contribution is 2.29. The van der Waals surface area contributed by atoms with Gasteiger partial charge in [-0.1, -0.05) is 0 Å². The zero-order valence-electron chi connectivity index (χ0n) is 15.3. The van der Waals surface area contributed by atoms with E-state index in [0.29, 0.717) is 34.3 Å². The van der Waals surface area contributed by atoms with Gasteiger partial charge in [0.1, 0.15) is 0 Å². The lowest BCUT2D eigenvalue weighted by molar-refractivity contribution is 0.102. The number of anilines is 3. The number of nitrogens with zero attached hydrogens (tertiary/aromatic N) is 3. The summed E-state index contributed by atoms with van der Waals surface area (Å²) in [5, 5.41) is 14.6. The minimum absolute atomic E-state index is 0.306. The predicted octanol–water partition coefficient (Wildman–Crippen LogP) is 3.36. The molecule has 0 unspecified atom stereocenters. The fourth-order valence-electron chi connectivity index (χ4n) is 2.38. The van der Waals surface area contributed by atoms with E-state index in [2.05, 4.69) is 26.7 Å². The molecule has 0 atom stereocenters. The van der Waals surface area contributed by atoms with Crippen molar-refractivity contribution in [3.8, 4) is 17.6 Å². The van der Waals surface area contributed by atoms with Gasteiger partial charge in [-0.25, -0.2) is 9.97 Å². The van der Waals surface area contributed by atoms with Crippen molar-refractivity contribution in [3.05, 3.63) is 66.0 Å². The Morgan fingerprint density at radius 1 is 0.964 bits per heavy atom. The first-order valence-electron chi connectivity index (χ1n) is 8.25. The van der Waals surface area contributed by atoms with Crippen LogP contribution in [-0.2, 0) is 0 Å². The van der Waals surface area contributed by atoms with E-state index in [-0.39, 0.29) is 5.91 Å². The maximum absolute atomic E-state index is 12.4. The van der Waals surface area contributed by atoms with Crippen LogP contribution < -0.4 is 20.1 Å². The number of hydrogen-bond donors (Lipinski definition) is 2. The van der Waals surface area contributed by atoms with E-state index in [1.165, 1.54) is 19.5 Å². The number of methoxy groups -OCH3 is 2. The molecule has 0 radical (unpaired) electrons. The summed E-state index contributed by atoms with van der Waals surface area (Å²) in [4.78, 5) is 20.7. The standard InChI is InChI=1S/C20H17N5O3/c1-27-17-8-7-16(9-18(17)28-2)24-19(26)14-11-22-20(23-12-14)25-15-5-3-13(10-21)4-6-15/h3-9,11-12H,1-2H3,(H,24,26)(H,22,23,25). The Balaban J connectivity index is 1.67. The van der Waals surface area contributed by atoms with Crippen molar-refractivity contribution in [1.29, 1.82) is 5.26 Å². The third-order valence-corrected chi connectivity index (χ3v) is 3.83. The van der Waals surface area contributed by atoms with E-state index in [0.717, 1.165) is 5.69 Å². The van der Waals surface area contributed by atoms with Crippen molar-refractivity contribution in [2.45, 2.75) is 0 Å². The molecule has 3 rings (SSSR count). The second kappa shape index (κ2) is 8.51. The Morgan fingerprint density at radius 3 is 2.21 bits per heavy atom. The molecule has 0 bridgehead atoms. The van der Waals surface area contributed by atoms with Crippen LogP contribution in [0, 0.1) is 11.3 Å². The normalized spacial score (nSPS) is 9.89. The summed E-state index contributed by atoms with van der Waals surface area (Å²) in [6.07, 6.45) is 2.85. The van der Waals surface area contributed by atoms with Crippen LogP contribution in [0.3, 0.4) is 0 Å². The van der Waals surface area contributed by atoms with Gasteiger partial charge < -0.3 is 20.1 Å². The first kappa shape index (κ1) is 18.7. The van der Waals surface area contributed by atoms with Crippen LogP contribution in [0.25, 0.3) is 0 Å². The van der Waals surface area contributed by atoms with Crippen LogP contribution in [0.2, 0.25) is 0 Å². The molecule has 0 aliphatic carbocycles. The van der Waals surface area contributed by atoms with E-state index in [1.807, 2.05) is 0 Å². The summed E-state index contributed by atoms with van der Waals surface area (Å²) in [5.41, 5.74) is 2.16. The molecule has 1 heterocycles. The summed E-state index contributed by atoms with van der Waals surface area (Å²) in [6.45, 7) is 0. The molecular weight excluding hydrogens is 358 g/mol. The minimum atomic E-state index is -0.350. The summed E-state index contributed by atoms with van der Waals surface area (Å²) in [7, 11) is 3.07. The van der Waals surface area contributed by atoms with Gasteiger partial charge in [0.15, 0.2) is 11.5 Å². The highest BCUT2D eigenvalue weighted by Gasteiger charge is 2.10. The van der Waals surface area contributed by atoms with Crippen LogP contribution >= 0.6 is 0 Å². The fourth-order valence-corrected chi connectivity index (χ4v) is 2.38. The third kappa shape index (κ3) is 4.34. The number of hydrogen-bond acceptors (Lipinski definition) is 7. The molecule has 2 N–H and O–H groups in total. The zero-order chi connectivity index (χ0) is 19.9. The molecule has 1 amide bonds. The van der Waals surface area contributed by atoms with Crippen LogP contribution in [0.4, 0.5) is 17.3 Å². The van der Waals surface area contributed by atoms with Gasteiger partial charge in [0, 0.05) is 29.8 Å². The van der Waals surface area contributed by atoms with Gasteiger partial charge in [0.2, 0.25) is 5.95 Å². The lowest BCUT2D eigenvalue weighted by atomic mass is 10.2. The van der Waals surface area contributed by atoms with E-state index >= 15 is 0 Å². The maximum atomic E-state index is 12.4. The lowest BCUT2D eigenvalue weighted by Gasteiger charge is -2.10. The summed E-state index contributed by atoms with van der Waals surface area (Å²) in [6, 6.07) is 14.0. The van der Waals surface area contributed by atoms with Gasteiger partial charge in [-0.3, -0.25) is 4.79 Å². The molecule has 0 spiro atoms. The highest BCUT2D eigenvalue weighted by molar-refractivity contribution is 6.04. The van der Waals surface area contributed by atoms with Crippen LogP contribution in [0.5, 0.6) is 11.5 Å². The van der Waals surface area contributed by atoms with Gasteiger partial charge in [0.05, 0.1) is 31.4 Å². The van der Waals surface area contributed by atoms with Gasteiger partial charge in [-0.05, 0) is 36.4 Å². The zero-order valence-corrected chi connectivity index (χ0v) is 15.3. The number of carbonyl (C=O) groups is 1. The van der Waals surface area contributed by atoms with Gasteiger partial charge in [0.25, 0.3) is 5.91 Å². The molecule has 0 saturated carbocycles. The maximum Gasteiger partial charge on any atom is 0.258 e. The molecule has 0 saturated heterocycles. The molecule has 0 aliphatic heterocycles. The molecule has 0 fully saturated rings. The number of benzene rings is 2. The van der Waals surface area contributed by atoms with Crippen molar-refractivity contribution in [2.75, 3.05) is 24.9 Å². The third-order valence-electron chi connectivity index (χ3n) is 3.83. The van der Waals surface area contributed by atoms with Crippen molar-refractivity contribution >= 4 is 23.2 Å². The molecule has 8 nitrogen and oxygen atoms in total. The van der Waals surface area contributed by atoms with Crippen LogP contribution in [-0.4, -0.2) is 30.1 Å². The van der Waals surface area contributed by atoms with Gasteiger partial charge >= 0.3 is 0 Å². The first-order chi connectivity index (χ1) is 13.6. The lowest BCUT2D eigenvalue weighted by Crippen LogP contribution is -2.13. The first-order valence-corrected chi connectivity index (χ1v) is 8.25. The van der Waals surface area contributed by atoms with E-state index in [4.69, 9.17) is 14.7 Å². The van der Waals surface area contributed by atoms with E-state index in [1.54, 1.807) is 49.6 Å². The van der Waals surface area contributed by atoms with Gasteiger partial charge in [-0.15, -0.1) is 0 Å². The Morgan fingerprint density at radius 2 is 1.61 bits per heavy atom. The fraction of sp³-hybridized carbons (Fsp3) is 0.100. The van der Waals surface area contributed by atoms with Crippen molar-refractivity contribution < 1.29 is 14.3 Å². The Hall–Kier alpha value is -4.12. The number of amides is 1. The smallest absolute Gasteiger partial charge is 0.258 e. The number of nitriles is 1. The summed E-state index contributed by atoms with van der Waals surface area (Å²) in [5.74, 6) is 1.07. The summed E-state index contributed by atoms with van der Waals surface area (Å²) >= 11 is 0. The van der Waals surface area contributed by atoms with Crippen molar-refractivity contribution in [3.63, 3.8) is 0 Å². The van der Waals surface area contributed by atoms with Gasteiger partial charge in [-0.2, -0.15) is 5.26 Å². The number of rotatable bonds is 6. The van der Waals surface area contributed by atoms with Crippen molar-refractivity contribution in [2.24, 2.45) is 0 Å². The largest absolute Gasteiger partial charge is 0.493 e. The van der Waals surface area contributed by atoms with E-state index < -0.39 is 0 Å². The Kier molecular flexibility index (Phi) is 5.67. The number of carbonyl (C=O) groups excluding carboxylic acids is 1. The second-order valence-corrected chi connectivity index (χ2v) is 5.63. The second-order valence-electron chi connectivity index (χ2n) is 5.63. The Bertz CT molecular complexity index is 1010. The number of nitrogens with one attached hydrogen (secondary N) is 2. The number of ether oxygens (including phenoxy) is 2. The predicted molar refractivity (Wildman–Crippen MR) is 104 cm³/mol. The van der Waals surface area contributed by atoms with Crippen molar-refractivity contribution in [1.82, 2.24) is 9.97 Å². The van der Waals surface area contributed by atoms with E-state index in [9.17, 15) is 4.79 Å². The van der Waals surface area contributed by atoms with Crippen LogP contribution in [0.1, 0.15) is 15.9 Å². The molecular formula is C20H17N5O3.